The van der Waals surface area contributed by atoms with E-state index in [2.05, 4.69) is 30.5 Å². The lowest BCUT2D eigenvalue weighted by Crippen LogP contribution is -2.33. The van der Waals surface area contributed by atoms with Crippen molar-refractivity contribution in [3.8, 4) is 0 Å². The van der Waals surface area contributed by atoms with Gasteiger partial charge in [-0.2, -0.15) is 5.10 Å². The third-order valence-electron chi connectivity index (χ3n) is 3.00. The van der Waals surface area contributed by atoms with Crippen LogP contribution in [0.2, 0.25) is 0 Å². The number of nitrogens with zero attached hydrogens (tertiary/aromatic N) is 3. The van der Waals surface area contributed by atoms with Crippen LogP contribution in [-0.2, 0) is 6.42 Å². The maximum absolute atomic E-state index is 12.1. The summed E-state index contributed by atoms with van der Waals surface area (Å²) in [6.07, 6.45) is 1.92. The van der Waals surface area contributed by atoms with Crippen LogP contribution in [0.5, 0.6) is 0 Å². The van der Waals surface area contributed by atoms with Gasteiger partial charge in [-0.3, -0.25) is 14.7 Å². The number of hydrogen-bond acceptors (Lipinski definition) is 5. The van der Waals surface area contributed by atoms with E-state index in [9.17, 15) is 9.59 Å². The fourth-order valence-corrected chi connectivity index (χ4v) is 1.88. The number of nitrogens with one attached hydrogen (secondary N) is 3. The molecular weight excluding hydrogens is 272 g/mol. The quantitative estimate of drug-likeness (QED) is 0.732. The number of carbonyl (C=O) groups is 1. The maximum atomic E-state index is 12.1. The summed E-state index contributed by atoms with van der Waals surface area (Å²) in [7, 11) is 0. The summed E-state index contributed by atoms with van der Waals surface area (Å²) in [5.41, 5.74) is 0.0694. The molecule has 1 amide bonds. The molecule has 8 nitrogen and oxygen atoms in total. The van der Waals surface area contributed by atoms with E-state index < -0.39 is 11.5 Å². The zero-order valence-electron chi connectivity index (χ0n) is 12.2. The van der Waals surface area contributed by atoms with Crippen molar-refractivity contribution in [2.45, 2.75) is 33.1 Å². The van der Waals surface area contributed by atoms with Crippen LogP contribution in [0.1, 0.15) is 47.5 Å². The van der Waals surface area contributed by atoms with Gasteiger partial charge in [-0.15, -0.1) is 0 Å². The molecule has 2 rings (SSSR count). The van der Waals surface area contributed by atoms with Crippen LogP contribution in [0.3, 0.4) is 0 Å². The third-order valence-corrected chi connectivity index (χ3v) is 3.00. The van der Waals surface area contributed by atoms with Crippen molar-refractivity contribution >= 4 is 5.91 Å². The van der Waals surface area contributed by atoms with Gasteiger partial charge in [-0.25, -0.2) is 9.97 Å². The Morgan fingerprint density at radius 2 is 2.19 bits per heavy atom. The highest BCUT2D eigenvalue weighted by Crippen LogP contribution is 2.08. The SMILES string of the molecule is Cc1nc(C(C)C)[nH]c(=O)c1C(=O)NCCc1ncn[nH]1. The Balaban J connectivity index is 2.07. The molecule has 8 heteroatoms. The molecule has 21 heavy (non-hydrogen) atoms. The van der Waals surface area contributed by atoms with Crippen molar-refractivity contribution in [3.63, 3.8) is 0 Å². The second kappa shape index (κ2) is 6.29. The number of aromatic amines is 2. The number of carbonyl (C=O) groups excluding carboxylic acids is 1. The zero-order valence-corrected chi connectivity index (χ0v) is 12.2. The number of rotatable bonds is 5. The standard InChI is InChI=1S/C13H18N6O2/c1-7(2)11-17-8(3)10(13(21)18-11)12(20)14-5-4-9-15-6-16-19-9/h6-7H,4-5H2,1-3H3,(H,14,20)(H,15,16,19)(H,17,18,21). The lowest BCUT2D eigenvalue weighted by molar-refractivity contribution is 0.0951. The second-order valence-electron chi connectivity index (χ2n) is 5.00. The van der Waals surface area contributed by atoms with Gasteiger partial charge in [-0.1, -0.05) is 13.8 Å². The molecule has 0 aliphatic heterocycles. The Labute approximate surface area is 121 Å². The maximum Gasteiger partial charge on any atom is 0.264 e. The van der Waals surface area contributed by atoms with Crippen LogP contribution in [0.15, 0.2) is 11.1 Å². The monoisotopic (exact) mass is 290 g/mol. The highest BCUT2D eigenvalue weighted by atomic mass is 16.2. The molecule has 0 aliphatic rings. The van der Waals surface area contributed by atoms with Gasteiger partial charge in [0.2, 0.25) is 0 Å². The molecule has 0 aliphatic carbocycles. The average molecular weight is 290 g/mol. The van der Waals surface area contributed by atoms with Crippen LogP contribution in [0.25, 0.3) is 0 Å². The summed E-state index contributed by atoms with van der Waals surface area (Å²) < 4.78 is 0. The normalized spacial score (nSPS) is 10.9. The first kappa shape index (κ1) is 14.9. The van der Waals surface area contributed by atoms with Gasteiger partial charge in [0.25, 0.3) is 11.5 Å². The van der Waals surface area contributed by atoms with Gasteiger partial charge in [0, 0.05) is 18.9 Å². The molecule has 0 saturated heterocycles. The fraction of sp³-hybridized carbons (Fsp3) is 0.462. The van der Waals surface area contributed by atoms with Gasteiger partial charge < -0.3 is 10.3 Å². The first-order chi connectivity index (χ1) is 9.99. The number of aromatic nitrogens is 5. The Morgan fingerprint density at radius 3 is 2.76 bits per heavy atom. The highest BCUT2D eigenvalue weighted by molar-refractivity contribution is 5.94. The summed E-state index contributed by atoms with van der Waals surface area (Å²) in [6.45, 7) is 5.87. The van der Waals surface area contributed by atoms with Gasteiger partial charge in [0.05, 0.1) is 5.69 Å². The highest BCUT2D eigenvalue weighted by Gasteiger charge is 2.16. The Morgan fingerprint density at radius 1 is 1.43 bits per heavy atom. The Kier molecular flexibility index (Phi) is 4.46. The molecule has 0 spiro atoms. The second-order valence-corrected chi connectivity index (χ2v) is 5.00. The smallest absolute Gasteiger partial charge is 0.264 e. The molecule has 112 valence electrons. The van der Waals surface area contributed by atoms with Gasteiger partial charge in [0.1, 0.15) is 23.5 Å². The number of aryl methyl sites for hydroxylation is 1. The molecule has 2 heterocycles. The van der Waals surface area contributed by atoms with E-state index >= 15 is 0 Å². The summed E-state index contributed by atoms with van der Waals surface area (Å²) in [5, 5.41) is 9.10. The van der Waals surface area contributed by atoms with E-state index in [0.29, 0.717) is 30.3 Å². The van der Waals surface area contributed by atoms with Crippen molar-refractivity contribution in [2.24, 2.45) is 0 Å². The predicted octanol–water partition coefficient (Wildman–Crippen LogP) is 0.292. The van der Waals surface area contributed by atoms with E-state index in [0.717, 1.165) is 0 Å². The van der Waals surface area contributed by atoms with Crippen molar-refractivity contribution in [2.75, 3.05) is 6.54 Å². The van der Waals surface area contributed by atoms with E-state index in [-0.39, 0.29) is 11.5 Å². The molecule has 0 saturated carbocycles. The molecule has 0 unspecified atom stereocenters. The van der Waals surface area contributed by atoms with Gasteiger partial charge in [0.15, 0.2) is 0 Å². The minimum absolute atomic E-state index is 0.0527. The average Bonchev–Trinajstić information content (AvgIpc) is 2.90. The number of H-pyrrole nitrogens is 2. The molecule has 0 bridgehead atoms. The first-order valence-corrected chi connectivity index (χ1v) is 6.72. The molecule has 2 aromatic heterocycles. The Hall–Kier alpha value is -2.51. The molecule has 2 aromatic rings. The molecule has 0 aromatic carbocycles. The van der Waals surface area contributed by atoms with E-state index in [1.165, 1.54) is 6.33 Å². The van der Waals surface area contributed by atoms with E-state index in [1.807, 2.05) is 13.8 Å². The van der Waals surface area contributed by atoms with Crippen LogP contribution in [0.4, 0.5) is 0 Å². The lowest BCUT2D eigenvalue weighted by Gasteiger charge is -2.09. The topological polar surface area (TPSA) is 116 Å². The third kappa shape index (κ3) is 3.53. The summed E-state index contributed by atoms with van der Waals surface area (Å²) in [6, 6.07) is 0. The first-order valence-electron chi connectivity index (χ1n) is 6.72. The van der Waals surface area contributed by atoms with Crippen molar-refractivity contribution in [3.05, 3.63) is 39.6 Å². The van der Waals surface area contributed by atoms with Crippen molar-refractivity contribution in [1.29, 1.82) is 0 Å². The number of hydrogen-bond donors (Lipinski definition) is 3. The molecule has 0 radical (unpaired) electrons. The van der Waals surface area contributed by atoms with Gasteiger partial charge >= 0.3 is 0 Å². The summed E-state index contributed by atoms with van der Waals surface area (Å²) in [5.74, 6) is 0.918. The minimum Gasteiger partial charge on any atom is -0.351 e. The Bertz CT molecular complexity index is 674. The van der Waals surface area contributed by atoms with Crippen LogP contribution < -0.4 is 10.9 Å². The molecular formula is C13H18N6O2. The van der Waals surface area contributed by atoms with Crippen LogP contribution >= 0.6 is 0 Å². The van der Waals surface area contributed by atoms with E-state index in [4.69, 9.17) is 0 Å². The molecule has 0 fully saturated rings. The van der Waals surface area contributed by atoms with Crippen molar-refractivity contribution < 1.29 is 4.79 Å². The predicted molar refractivity (Wildman–Crippen MR) is 76.1 cm³/mol. The van der Waals surface area contributed by atoms with Crippen LogP contribution in [-0.4, -0.2) is 37.6 Å². The lowest BCUT2D eigenvalue weighted by atomic mass is 10.1. The van der Waals surface area contributed by atoms with Crippen molar-refractivity contribution in [1.82, 2.24) is 30.5 Å². The van der Waals surface area contributed by atoms with E-state index in [1.54, 1.807) is 6.92 Å². The van der Waals surface area contributed by atoms with Crippen LogP contribution in [0, 0.1) is 6.92 Å². The molecule has 0 atom stereocenters. The van der Waals surface area contributed by atoms with Gasteiger partial charge in [-0.05, 0) is 6.92 Å². The fourth-order valence-electron chi connectivity index (χ4n) is 1.88. The zero-order chi connectivity index (χ0) is 15.4. The molecule has 3 N–H and O–H groups in total. The summed E-state index contributed by atoms with van der Waals surface area (Å²) in [4.78, 5) is 35.0. The largest absolute Gasteiger partial charge is 0.351 e. The summed E-state index contributed by atoms with van der Waals surface area (Å²) >= 11 is 0. The number of amides is 1. The minimum atomic E-state index is -0.434.